The number of rotatable bonds is 12. The van der Waals surface area contributed by atoms with Crippen molar-refractivity contribution >= 4 is 16.6 Å². The zero-order valence-electron chi connectivity index (χ0n) is 23.3. The van der Waals surface area contributed by atoms with Crippen molar-refractivity contribution in [3.8, 4) is 0 Å². The fraction of sp³-hybridized carbons (Fsp3) is 1.00. The molecule has 198 valence electrons. The summed E-state index contributed by atoms with van der Waals surface area (Å²) in [6.45, 7) is 24.9. The fourth-order valence-electron chi connectivity index (χ4n) is 4.12. The Labute approximate surface area is 205 Å². The van der Waals surface area contributed by atoms with Crippen molar-refractivity contribution in [1.82, 2.24) is 0 Å². The summed E-state index contributed by atoms with van der Waals surface area (Å²) in [4.78, 5) is 0. The van der Waals surface area contributed by atoms with Crippen molar-refractivity contribution < 1.29 is 28.9 Å². The average Bonchev–Trinajstić information content (AvgIpc) is 2.99. The molecule has 0 bridgehead atoms. The predicted octanol–water partition coefficient (Wildman–Crippen LogP) is 4.93. The average molecular weight is 507 g/mol. The zero-order valence-corrected chi connectivity index (χ0v) is 25.3. The Kier molecular flexibility index (Phi) is 11.3. The third-order valence-electron chi connectivity index (χ3n) is 8.45. The highest BCUT2D eigenvalue weighted by Gasteiger charge is 2.46. The fourth-order valence-corrected chi connectivity index (χ4v) is 6.51. The lowest BCUT2D eigenvalue weighted by atomic mass is 9.82. The first-order valence-corrected chi connectivity index (χ1v) is 18.6. The Balaban J connectivity index is 3.11. The molecule has 1 aliphatic rings. The van der Waals surface area contributed by atoms with E-state index in [0.29, 0.717) is 19.4 Å². The van der Waals surface area contributed by atoms with Gasteiger partial charge >= 0.3 is 0 Å². The van der Waals surface area contributed by atoms with Crippen LogP contribution in [0.2, 0.25) is 36.3 Å². The van der Waals surface area contributed by atoms with Crippen molar-refractivity contribution in [2.45, 2.75) is 128 Å². The van der Waals surface area contributed by atoms with Gasteiger partial charge in [-0.1, -0.05) is 54.9 Å². The van der Waals surface area contributed by atoms with Crippen molar-refractivity contribution in [3.63, 3.8) is 0 Å². The van der Waals surface area contributed by atoms with Gasteiger partial charge in [-0.05, 0) is 42.2 Å². The van der Waals surface area contributed by atoms with E-state index in [0.717, 1.165) is 6.42 Å². The van der Waals surface area contributed by atoms with E-state index in [1.165, 1.54) is 0 Å². The number of aliphatic hydroxyl groups is 3. The maximum Gasteiger partial charge on any atom is 0.192 e. The van der Waals surface area contributed by atoms with E-state index >= 15 is 0 Å². The van der Waals surface area contributed by atoms with Gasteiger partial charge in [-0.25, -0.2) is 0 Å². The molecule has 1 rings (SSSR count). The second-order valence-corrected chi connectivity index (χ2v) is 22.6. The molecular weight excluding hydrogens is 452 g/mol. The lowest BCUT2D eigenvalue weighted by molar-refractivity contribution is -0.0352. The Hall–Kier alpha value is 0.194. The first-order chi connectivity index (χ1) is 14.9. The van der Waals surface area contributed by atoms with Gasteiger partial charge in [-0.2, -0.15) is 0 Å². The Morgan fingerprint density at radius 1 is 0.848 bits per heavy atom. The molecule has 0 radical (unpaired) electrons. The van der Waals surface area contributed by atoms with Crippen LogP contribution in [0.25, 0.3) is 0 Å². The SMILES string of the molecule is CC[C@@H]1[C@@H](CO)[C@@H](C[C@@H](CO[Si](C)(C)C(C)(C)C)O[Si](C)(C)C(C)(C)C)O[C@H]1CC(O)CO. The summed E-state index contributed by atoms with van der Waals surface area (Å²) >= 11 is 0. The number of hydrogen-bond donors (Lipinski definition) is 3. The molecule has 8 heteroatoms. The van der Waals surface area contributed by atoms with Crippen molar-refractivity contribution in [2.24, 2.45) is 11.8 Å². The molecule has 1 unspecified atom stereocenters. The largest absolute Gasteiger partial charge is 0.414 e. The summed E-state index contributed by atoms with van der Waals surface area (Å²) < 4.78 is 19.9. The van der Waals surface area contributed by atoms with E-state index in [9.17, 15) is 15.3 Å². The lowest BCUT2D eigenvalue weighted by Crippen LogP contribution is -2.49. The van der Waals surface area contributed by atoms with Gasteiger partial charge in [0.15, 0.2) is 16.6 Å². The summed E-state index contributed by atoms with van der Waals surface area (Å²) in [6, 6.07) is 0. The van der Waals surface area contributed by atoms with Crippen LogP contribution in [0.1, 0.15) is 67.7 Å². The highest BCUT2D eigenvalue weighted by Crippen LogP contribution is 2.42. The van der Waals surface area contributed by atoms with E-state index in [-0.39, 0.29) is 53.4 Å². The maximum absolute atomic E-state index is 10.2. The van der Waals surface area contributed by atoms with Gasteiger partial charge in [0.2, 0.25) is 0 Å². The van der Waals surface area contributed by atoms with Crippen LogP contribution in [0, 0.1) is 11.8 Å². The van der Waals surface area contributed by atoms with Gasteiger partial charge in [0, 0.05) is 25.4 Å². The number of aliphatic hydroxyl groups excluding tert-OH is 3. The second-order valence-electron chi connectivity index (χ2n) is 13.0. The molecule has 0 amide bonds. The molecule has 1 saturated heterocycles. The van der Waals surface area contributed by atoms with Gasteiger partial charge in [0.1, 0.15) is 0 Å². The predicted molar refractivity (Wildman–Crippen MR) is 141 cm³/mol. The van der Waals surface area contributed by atoms with Gasteiger partial charge in [0.05, 0.1) is 37.6 Å². The van der Waals surface area contributed by atoms with Crippen LogP contribution in [0.3, 0.4) is 0 Å². The van der Waals surface area contributed by atoms with Crippen molar-refractivity contribution in [1.29, 1.82) is 0 Å². The molecule has 6 nitrogen and oxygen atoms in total. The Bertz CT molecular complexity index is 584. The molecule has 1 fully saturated rings. The molecule has 6 atom stereocenters. The molecule has 0 spiro atoms. The van der Waals surface area contributed by atoms with Crippen LogP contribution in [-0.4, -0.2) is 76.2 Å². The first kappa shape index (κ1) is 31.2. The van der Waals surface area contributed by atoms with E-state index < -0.39 is 22.7 Å². The van der Waals surface area contributed by atoms with E-state index in [2.05, 4.69) is 74.7 Å². The van der Waals surface area contributed by atoms with Crippen LogP contribution in [-0.2, 0) is 13.6 Å². The zero-order chi connectivity index (χ0) is 25.8. The normalized spacial score (nSPS) is 27.1. The Morgan fingerprint density at radius 3 is 1.79 bits per heavy atom. The molecule has 0 aromatic heterocycles. The molecule has 0 aromatic carbocycles. The molecule has 3 N–H and O–H groups in total. The smallest absolute Gasteiger partial charge is 0.192 e. The minimum Gasteiger partial charge on any atom is -0.414 e. The number of ether oxygens (including phenoxy) is 1. The summed E-state index contributed by atoms with van der Waals surface area (Å²) in [7, 11) is -3.99. The third-order valence-corrected chi connectivity index (χ3v) is 17.5. The minimum absolute atomic E-state index is 0.00993. The van der Waals surface area contributed by atoms with Crippen molar-refractivity contribution in [3.05, 3.63) is 0 Å². The molecule has 1 aliphatic heterocycles. The van der Waals surface area contributed by atoms with Gasteiger partial charge < -0.3 is 28.9 Å². The minimum atomic E-state index is -2.04. The molecule has 0 aliphatic carbocycles. The third kappa shape index (κ3) is 8.38. The summed E-state index contributed by atoms with van der Waals surface area (Å²) in [6.07, 6.45) is 0.660. The lowest BCUT2D eigenvalue weighted by Gasteiger charge is -2.42. The maximum atomic E-state index is 10.2. The first-order valence-electron chi connectivity index (χ1n) is 12.8. The second kappa shape index (κ2) is 12.0. The number of hydrogen-bond acceptors (Lipinski definition) is 6. The summed E-state index contributed by atoms with van der Waals surface area (Å²) in [5, 5.41) is 29.8. The standard InChI is InChI=1S/C25H54O6Si2/c1-12-20-21(16-27)23(30-22(20)13-18(28)15-26)14-19(31-33(10,11)25(5,6)7)17-29-32(8,9)24(2,3)4/h18-23,26-28H,12-17H2,1-11H3/t18?,19-,20+,21+,22-,23+/m0/s1. The van der Waals surface area contributed by atoms with Crippen LogP contribution in [0.4, 0.5) is 0 Å². The van der Waals surface area contributed by atoms with E-state index in [1.807, 2.05) is 0 Å². The van der Waals surface area contributed by atoms with Crippen LogP contribution < -0.4 is 0 Å². The Morgan fingerprint density at radius 2 is 1.36 bits per heavy atom. The summed E-state index contributed by atoms with van der Waals surface area (Å²) in [5.41, 5.74) is 0. The van der Waals surface area contributed by atoms with Gasteiger partial charge in [-0.3, -0.25) is 0 Å². The molecule has 0 saturated carbocycles. The molecular formula is C25H54O6Si2. The van der Waals surface area contributed by atoms with Crippen LogP contribution in [0.5, 0.6) is 0 Å². The molecule has 0 aromatic rings. The van der Waals surface area contributed by atoms with Crippen LogP contribution in [0.15, 0.2) is 0 Å². The van der Waals surface area contributed by atoms with E-state index in [1.54, 1.807) is 0 Å². The van der Waals surface area contributed by atoms with Gasteiger partial charge in [-0.15, -0.1) is 0 Å². The van der Waals surface area contributed by atoms with E-state index in [4.69, 9.17) is 13.6 Å². The van der Waals surface area contributed by atoms with Crippen molar-refractivity contribution in [2.75, 3.05) is 19.8 Å². The highest BCUT2D eigenvalue weighted by molar-refractivity contribution is 6.74. The molecule has 33 heavy (non-hydrogen) atoms. The highest BCUT2D eigenvalue weighted by atomic mass is 28.4. The molecule has 1 heterocycles. The summed E-state index contributed by atoms with van der Waals surface area (Å²) in [5.74, 6) is 0.139. The monoisotopic (exact) mass is 506 g/mol. The van der Waals surface area contributed by atoms with Crippen LogP contribution >= 0.6 is 0 Å². The quantitative estimate of drug-likeness (QED) is 0.325. The van der Waals surface area contributed by atoms with Gasteiger partial charge in [0.25, 0.3) is 0 Å². The topological polar surface area (TPSA) is 88.4 Å².